The first kappa shape index (κ1) is 20.3. The molecule has 1 saturated heterocycles. The number of hydrogen-bond donors (Lipinski definition) is 0. The third-order valence-electron chi connectivity index (χ3n) is 4.57. The van der Waals surface area contributed by atoms with Gasteiger partial charge in [0.25, 0.3) is 0 Å². The van der Waals surface area contributed by atoms with Crippen LogP contribution in [0.2, 0.25) is 0 Å². The number of rotatable bonds is 7. The summed E-state index contributed by atoms with van der Waals surface area (Å²) in [5, 5.41) is 3.20. The number of aromatic nitrogens is 1. The molecule has 1 aromatic heterocycles. The van der Waals surface area contributed by atoms with Crippen LogP contribution in [0.3, 0.4) is 0 Å². The molecule has 0 radical (unpaired) electrons. The van der Waals surface area contributed by atoms with Crippen molar-refractivity contribution in [1.29, 1.82) is 0 Å². The van der Waals surface area contributed by atoms with Gasteiger partial charge in [-0.15, -0.1) is 11.3 Å². The number of hydrogen-bond acceptors (Lipinski definition) is 5. The predicted octanol–water partition coefficient (Wildman–Crippen LogP) is 3.27. The zero-order valence-corrected chi connectivity index (χ0v) is 16.8. The molecule has 0 atom stereocenters. The molecule has 1 aromatic carbocycles. The first-order valence-electron chi connectivity index (χ1n) is 9.01. The van der Waals surface area contributed by atoms with Gasteiger partial charge in [-0.05, 0) is 25.0 Å². The predicted molar refractivity (Wildman–Crippen MR) is 101 cm³/mol. The molecule has 0 N–H and O–H groups in total. The van der Waals surface area contributed by atoms with E-state index in [-0.39, 0.29) is 13.1 Å². The monoisotopic (exact) mass is 415 g/mol. The van der Waals surface area contributed by atoms with Gasteiger partial charge in [-0.25, -0.2) is 22.2 Å². The second-order valence-electron chi connectivity index (χ2n) is 6.59. The van der Waals surface area contributed by atoms with E-state index in [0.29, 0.717) is 25.7 Å². The van der Waals surface area contributed by atoms with Crippen molar-refractivity contribution < 1.29 is 17.2 Å². The van der Waals surface area contributed by atoms with Crippen molar-refractivity contribution in [2.75, 3.05) is 26.2 Å². The van der Waals surface area contributed by atoms with Gasteiger partial charge < -0.3 is 0 Å². The zero-order chi connectivity index (χ0) is 19.4. The first-order valence-corrected chi connectivity index (χ1v) is 11.3. The Kier molecular flexibility index (Phi) is 6.56. The molecule has 0 saturated carbocycles. The Morgan fingerprint density at radius 3 is 2.59 bits per heavy atom. The molecule has 5 nitrogen and oxygen atoms in total. The van der Waals surface area contributed by atoms with E-state index in [2.05, 4.69) is 22.2 Å². The Morgan fingerprint density at radius 1 is 1.19 bits per heavy atom. The smallest absolute Gasteiger partial charge is 0.246 e. The number of unbranched alkanes of at least 4 members (excludes halogenated alkanes) is 1. The number of sulfonamides is 1. The van der Waals surface area contributed by atoms with Gasteiger partial charge in [0.05, 0.1) is 10.7 Å². The summed E-state index contributed by atoms with van der Waals surface area (Å²) in [5.74, 6) is -1.85. The maximum Gasteiger partial charge on any atom is 0.246 e. The number of nitrogens with zero attached hydrogens (tertiary/aromatic N) is 3. The Bertz CT molecular complexity index is 878. The molecular formula is C18H23F2N3O2S2. The number of benzene rings is 1. The topological polar surface area (TPSA) is 53.5 Å². The minimum absolute atomic E-state index is 0.270. The highest BCUT2D eigenvalue weighted by molar-refractivity contribution is 7.89. The lowest BCUT2D eigenvalue weighted by Crippen LogP contribution is -2.48. The lowest BCUT2D eigenvalue weighted by molar-refractivity contribution is 0.180. The maximum absolute atomic E-state index is 13.9. The van der Waals surface area contributed by atoms with Gasteiger partial charge in [0.1, 0.15) is 16.5 Å². The lowest BCUT2D eigenvalue weighted by atomic mass is 10.3. The first-order chi connectivity index (χ1) is 12.9. The third kappa shape index (κ3) is 4.90. The van der Waals surface area contributed by atoms with E-state index >= 15 is 0 Å². The van der Waals surface area contributed by atoms with E-state index in [1.807, 2.05) is 0 Å². The van der Waals surface area contributed by atoms with Crippen LogP contribution in [0.15, 0.2) is 28.5 Å². The Morgan fingerprint density at radius 2 is 1.93 bits per heavy atom. The molecule has 0 amide bonds. The summed E-state index contributed by atoms with van der Waals surface area (Å²) >= 11 is 1.67. The number of halogens is 2. The fourth-order valence-electron chi connectivity index (χ4n) is 3.04. The van der Waals surface area contributed by atoms with E-state index in [0.717, 1.165) is 42.1 Å². The standard InChI is InChI=1S/C18H23F2N3O2S2/c1-2-3-4-18-21-15(13-26-18)12-22-7-9-23(10-8-22)27(24,25)17-6-5-14(19)11-16(17)20/h5-6,11,13H,2-4,7-10,12H2,1H3. The van der Waals surface area contributed by atoms with E-state index < -0.39 is 26.6 Å². The molecule has 0 spiro atoms. The summed E-state index contributed by atoms with van der Waals surface area (Å²) in [4.78, 5) is 6.31. The summed E-state index contributed by atoms with van der Waals surface area (Å²) in [5.41, 5.74) is 1.01. The van der Waals surface area contributed by atoms with Crippen LogP contribution in [-0.2, 0) is 23.0 Å². The molecule has 1 aliphatic heterocycles. The fourth-order valence-corrected chi connectivity index (χ4v) is 5.34. The summed E-state index contributed by atoms with van der Waals surface area (Å²) in [7, 11) is -3.96. The molecular weight excluding hydrogens is 392 g/mol. The molecule has 1 fully saturated rings. The van der Waals surface area contributed by atoms with Gasteiger partial charge in [0, 0.05) is 44.2 Å². The highest BCUT2D eigenvalue weighted by atomic mass is 32.2. The van der Waals surface area contributed by atoms with Crippen molar-refractivity contribution in [2.24, 2.45) is 0 Å². The van der Waals surface area contributed by atoms with Crippen LogP contribution in [0, 0.1) is 11.6 Å². The zero-order valence-electron chi connectivity index (χ0n) is 15.2. The van der Waals surface area contributed by atoms with Crippen LogP contribution in [0.4, 0.5) is 8.78 Å². The van der Waals surface area contributed by atoms with Crippen LogP contribution >= 0.6 is 11.3 Å². The lowest BCUT2D eigenvalue weighted by Gasteiger charge is -2.33. The summed E-state index contributed by atoms with van der Waals surface area (Å²) in [6, 6.07) is 2.55. The highest BCUT2D eigenvalue weighted by Crippen LogP contribution is 2.22. The van der Waals surface area contributed by atoms with Crippen molar-refractivity contribution in [3.63, 3.8) is 0 Å². The summed E-state index contributed by atoms with van der Waals surface area (Å²) in [6.07, 6.45) is 3.26. The normalized spacial score (nSPS) is 16.7. The van der Waals surface area contributed by atoms with Crippen molar-refractivity contribution in [3.8, 4) is 0 Å². The molecule has 27 heavy (non-hydrogen) atoms. The van der Waals surface area contributed by atoms with Crippen molar-refractivity contribution in [2.45, 2.75) is 37.6 Å². The molecule has 2 aromatic rings. The van der Waals surface area contributed by atoms with Gasteiger partial charge >= 0.3 is 0 Å². The van der Waals surface area contributed by atoms with Gasteiger partial charge in [0.2, 0.25) is 10.0 Å². The second-order valence-corrected chi connectivity index (χ2v) is 9.44. The summed E-state index contributed by atoms with van der Waals surface area (Å²) in [6.45, 7) is 4.47. The minimum Gasteiger partial charge on any atom is -0.295 e. The van der Waals surface area contributed by atoms with Crippen LogP contribution in [0.1, 0.15) is 30.5 Å². The molecule has 2 heterocycles. The van der Waals surface area contributed by atoms with Crippen LogP contribution in [-0.4, -0.2) is 48.8 Å². The minimum atomic E-state index is -3.96. The van der Waals surface area contributed by atoms with Crippen LogP contribution in [0.5, 0.6) is 0 Å². The molecule has 0 aliphatic carbocycles. The maximum atomic E-state index is 13.9. The number of thiazole rings is 1. The van der Waals surface area contributed by atoms with Crippen molar-refractivity contribution in [1.82, 2.24) is 14.2 Å². The van der Waals surface area contributed by atoms with E-state index in [1.54, 1.807) is 11.3 Å². The second kappa shape index (κ2) is 8.72. The van der Waals surface area contributed by atoms with E-state index in [1.165, 1.54) is 4.31 Å². The van der Waals surface area contributed by atoms with Gasteiger partial charge in [-0.3, -0.25) is 4.90 Å². The van der Waals surface area contributed by atoms with E-state index in [4.69, 9.17) is 0 Å². The SMILES string of the molecule is CCCCc1nc(CN2CCN(S(=O)(=O)c3ccc(F)cc3F)CC2)cs1. The Hall–Kier alpha value is -1.42. The highest BCUT2D eigenvalue weighted by Gasteiger charge is 2.30. The molecule has 0 unspecified atom stereocenters. The van der Waals surface area contributed by atoms with Gasteiger partial charge in [-0.1, -0.05) is 13.3 Å². The van der Waals surface area contributed by atoms with Crippen LogP contribution in [0.25, 0.3) is 0 Å². The molecule has 3 rings (SSSR count). The largest absolute Gasteiger partial charge is 0.295 e. The van der Waals surface area contributed by atoms with Crippen molar-refractivity contribution in [3.05, 3.63) is 45.9 Å². The number of piperazine rings is 1. The van der Waals surface area contributed by atoms with Crippen LogP contribution < -0.4 is 0 Å². The fraction of sp³-hybridized carbons (Fsp3) is 0.500. The molecule has 9 heteroatoms. The van der Waals surface area contributed by atoms with E-state index in [9.17, 15) is 17.2 Å². The average Bonchev–Trinajstić information content (AvgIpc) is 3.07. The average molecular weight is 416 g/mol. The molecule has 148 valence electrons. The van der Waals surface area contributed by atoms with Gasteiger partial charge in [0.15, 0.2) is 0 Å². The summed E-state index contributed by atoms with van der Waals surface area (Å²) < 4.78 is 53.4. The van der Waals surface area contributed by atoms with Crippen molar-refractivity contribution >= 4 is 21.4 Å². The quantitative estimate of drug-likeness (QED) is 0.697. The van der Waals surface area contributed by atoms with Gasteiger partial charge in [-0.2, -0.15) is 4.31 Å². The number of aryl methyl sites for hydroxylation is 1. The Balaban J connectivity index is 1.59. The molecule has 0 bridgehead atoms. The third-order valence-corrected chi connectivity index (χ3v) is 7.46. The molecule has 1 aliphatic rings. The Labute approximate surface area is 162 Å².